The maximum Gasteiger partial charge on any atom is 0.133 e. The first kappa shape index (κ1) is 14.4. The van der Waals surface area contributed by atoms with E-state index in [1.807, 2.05) is 36.0 Å². The maximum atomic E-state index is 12.0. The van der Waals surface area contributed by atoms with Gasteiger partial charge in [0.2, 0.25) is 0 Å². The second-order valence-corrected chi connectivity index (χ2v) is 6.37. The Bertz CT molecular complexity index is 394. The van der Waals surface area contributed by atoms with Crippen molar-refractivity contribution in [3.8, 4) is 5.75 Å². The molecule has 0 atom stereocenters. The van der Waals surface area contributed by atoms with Gasteiger partial charge in [-0.15, -0.1) is 0 Å². The molecule has 0 aliphatic carbocycles. The summed E-state index contributed by atoms with van der Waals surface area (Å²) in [7, 11) is 1.67. The molecule has 1 aliphatic rings. The Morgan fingerprint density at radius 1 is 1.26 bits per heavy atom. The van der Waals surface area contributed by atoms with Gasteiger partial charge in [-0.3, -0.25) is 4.79 Å². The molecule has 0 amide bonds. The molecule has 2 nitrogen and oxygen atoms in total. The number of carbonyl (C=O) groups is 1. The van der Waals surface area contributed by atoms with Crippen molar-refractivity contribution in [1.82, 2.24) is 0 Å². The van der Waals surface area contributed by atoms with Gasteiger partial charge in [0.05, 0.1) is 7.11 Å². The summed E-state index contributed by atoms with van der Waals surface area (Å²) in [5.74, 6) is 4.40. The van der Waals surface area contributed by atoms with Gasteiger partial charge in [0, 0.05) is 12.8 Å². The standard InChI is InChI=1S/C16H22O2S/c1-18-16-6-3-13(4-7-16)2-5-15(17)12-14-8-10-19-11-9-14/h3-4,6-7,14H,2,5,8-12H2,1H3. The molecule has 3 heteroatoms. The molecule has 0 aromatic heterocycles. The van der Waals surface area contributed by atoms with Gasteiger partial charge in [0.25, 0.3) is 0 Å². The average Bonchev–Trinajstić information content (AvgIpc) is 2.47. The van der Waals surface area contributed by atoms with Crippen molar-refractivity contribution in [2.45, 2.75) is 32.1 Å². The van der Waals surface area contributed by atoms with E-state index in [2.05, 4.69) is 0 Å². The van der Waals surface area contributed by atoms with E-state index in [0.717, 1.165) is 18.6 Å². The molecule has 1 saturated heterocycles. The predicted molar refractivity (Wildman–Crippen MR) is 81.0 cm³/mol. The number of ketones is 1. The molecule has 19 heavy (non-hydrogen) atoms. The second kappa shape index (κ2) is 7.59. The fourth-order valence-electron chi connectivity index (χ4n) is 2.45. The zero-order valence-electron chi connectivity index (χ0n) is 11.6. The van der Waals surface area contributed by atoms with E-state index < -0.39 is 0 Å². The highest BCUT2D eigenvalue weighted by atomic mass is 32.2. The number of hydrogen-bond acceptors (Lipinski definition) is 3. The number of rotatable bonds is 6. The zero-order valence-corrected chi connectivity index (χ0v) is 12.4. The molecule has 0 spiro atoms. The lowest BCUT2D eigenvalue weighted by Crippen LogP contribution is -2.14. The van der Waals surface area contributed by atoms with Gasteiger partial charge in [0.15, 0.2) is 0 Å². The molecule has 0 N–H and O–H groups in total. The molecule has 1 aromatic rings. The SMILES string of the molecule is COc1ccc(CCC(=O)CC2CCSCC2)cc1. The third kappa shape index (κ3) is 4.90. The zero-order chi connectivity index (χ0) is 13.5. The van der Waals surface area contributed by atoms with Crippen LogP contribution < -0.4 is 4.74 Å². The number of Topliss-reactive ketones (excluding diaryl/α,β-unsaturated/α-hetero) is 1. The summed E-state index contributed by atoms with van der Waals surface area (Å²) in [6, 6.07) is 8.00. The van der Waals surface area contributed by atoms with E-state index in [4.69, 9.17) is 4.74 Å². The number of methoxy groups -OCH3 is 1. The third-order valence-corrected chi connectivity index (χ3v) is 4.76. The van der Waals surface area contributed by atoms with E-state index in [9.17, 15) is 4.79 Å². The summed E-state index contributed by atoms with van der Waals surface area (Å²) in [4.78, 5) is 12.0. The van der Waals surface area contributed by atoms with Gasteiger partial charge in [-0.25, -0.2) is 0 Å². The minimum Gasteiger partial charge on any atom is -0.497 e. The lowest BCUT2D eigenvalue weighted by molar-refractivity contribution is -0.120. The second-order valence-electron chi connectivity index (χ2n) is 5.15. The van der Waals surface area contributed by atoms with Crippen molar-refractivity contribution in [2.75, 3.05) is 18.6 Å². The summed E-state index contributed by atoms with van der Waals surface area (Å²) in [6.45, 7) is 0. The fourth-order valence-corrected chi connectivity index (χ4v) is 3.65. The van der Waals surface area contributed by atoms with Crippen molar-refractivity contribution in [3.05, 3.63) is 29.8 Å². The van der Waals surface area contributed by atoms with Crippen LogP contribution in [0.4, 0.5) is 0 Å². The molecule has 2 rings (SSSR count). The molecule has 0 unspecified atom stereocenters. The third-order valence-electron chi connectivity index (χ3n) is 3.71. The van der Waals surface area contributed by atoms with Crippen molar-refractivity contribution < 1.29 is 9.53 Å². The van der Waals surface area contributed by atoms with Crippen molar-refractivity contribution in [3.63, 3.8) is 0 Å². The van der Waals surface area contributed by atoms with Gasteiger partial charge >= 0.3 is 0 Å². The van der Waals surface area contributed by atoms with Crippen LogP contribution in [0, 0.1) is 5.92 Å². The van der Waals surface area contributed by atoms with Crippen LogP contribution in [0.2, 0.25) is 0 Å². The Morgan fingerprint density at radius 3 is 2.58 bits per heavy atom. The lowest BCUT2D eigenvalue weighted by Gasteiger charge is -2.20. The fraction of sp³-hybridized carbons (Fsp3) is 0.562. The van der Waals surface area contributed by atoms with E-state index in [0.29, 0.717) is 18.1 Å². The molecule has 0 saturated carbocycles. The Morgan fingerprint density at radius 2 is 1.95 bits per heavy atom. The molecule has 0 bridgehead atoms. The maximum absolute atomic E-state index is 12.0. The largest absolute Gasteiger partial charge is 0.497 e. The van der Waals surface area contributed by atoms with E-state index in [1.165, 1.54) is 29.9 Å². The van der Waals surface area contributed by atoms with Gasteiger partial charge < -0.3 is 4.74 Å². The highest BCUT2D eigenvalue weighted by Crippen LogP contribution is 2.26. The van der Waals surface area contributed by atoms with E-state index in [-0.39, 0.29) is 0 Å². The Hall–Kier alpha value is -0.960. The lowest BCUT2D eigenvalue weighted by atomic mass is 9.94. The van der Waals surface area contributed by atoms with Crippen LogP contribution in [0.25, 0.3) is 0 Å². The first-order valence-electron chi connectivity index (χ1n) is 7.00. The Labute approximate surface area is 119 Å². The van der Waals surface area contributed by atoms with E-state index >= 15 is 0 Å². The molecule has 1 aliphatic heterocycles. The predicted octanol–water partition coefficient (Wildman–Crippen LogP) is 3.73. The van der Waals surface area contributed by atoms with Crippen molar-refractivity contribution in [2.24, 2.45) is 5.92 Å². The number of benzene rings is 1. The van der Waals surface area contributed by atoms with Crippen LogP contribution in [0.3, 0.4) is 0 Å². The minimum absolute atomic E-state index is 0.424. The van der Waals surface area contributed by atoms with Crippen LogP contribution in [-0.4, -0.2) is 24.4 Å². The van der Waals surface area contributed by atoms with Gasteiger partial charge in [-0.05, 0) is 54.4 Å². The van der Waals surface area contributed by atoms with Gasteiger partial charge in [-0.1, -0.05) is 12.1 Å². The monoisotopic (exact) mass is 278 g/mol. The smallest absolute Gasteiger partial charge is 0.133 e. The van der Waals surface area contributed by atoms with Gasteiger partial charge in [-0.2, -0.15) is 11.8 Å². The normalized spacial score (nSPS) is 16.3. The van der Waals surface area contributed by atoms with Crippen LogP contribution in [0.5, 0.6) is 5.75 Å². The van der Waals surface area contributed by atoms with Crippen molar-refractivity contribution in [1.29, 1.82) is 0 Å². The average molecular weight is 278 g/mol. The highest BCUT2D eigenvalue weighted by Gasteiger charge is 2.16. The summed E-state index contributed by atoms with van der Waals surface area (Å²) in [5.41, 5.74) is 1.22. The Kier molecular flexibility index (Phi) is 5.77. The number of carbonyl (C=O) groups excluding carboxylic acids is 1. The number of thioether (sulfide) groups is 1. The summed E-state index contributed by atoms with van der Waals surface area (Å²) >= 11 is 2.02. The van der Waals surface area contributed by atoms with Crippen molar-refractivity contribution >= 4 is 17.5 Å². The number of ether oxygens (including phenoxy) is 1. The first-order valence-corrected chi connectivity index (χ1v) is 8.16. The first-order chi connectivity index (χ1) is 9.28. The summed E-state index contributed by atoms with van der Waals surface area (Å²) in [6.07, 6.45) is 4.76. The molecular weight excluding hydrogens is 256 g/mol. The molecule has 104 valence electrons. The molecule has 1 heterocycles. The Balaban J connectivity index is 1.72. The van der Waals surface area contributed by atoms with Crippen LogP contribution in [-0.2, 0) is 11.2 Å². The van der Waals surface area contributed by atoms with E-state index in [1.54, 1.807) is 7.11 Å². The van der Waals surface area contributed by atoms with Crippen LogP contribution in [0.15, 0.2) is 24.3 Å². The van der Waals surface area contributed by atoms with Crippen LogP contribution in [0.1, 0.15) is 31.2 Å². The molecule has 0 radical (unpaired) electrons. The minimum atomic E-state index is 0.424. The number of hydrogen-bond donors (Lipinski definition) is 0. The van der Waals surface area contributed by atoms with Crippen LogP contribution >= 0.6 is 11.8 Å². The number of aryl methyl sites for hydroxylation is 1. The summed E-state index contributed by atoms with van der Waals surface area (Å²) < 4.78 is 5.13. The summed E-state index contributed by atoms with van der Waals surface area (Å²) in [5, 5.41) is 0. The quantitative estimate of drug-likeness (QED) is 0.793. The molecule has 1 aromatic carbocycles. The highest BCUT2D eigenvalue weighted by molar-refractivity contribution is 7.99. The van der Waals surface area contributed by atoms with Gasteiger partial charge in [0.1, 0.15) is 11.5 Å². The topological polar surface area (TPSA) is 26.3 Å². The molecular formula is C16H22O2S. The molecule has 1 fully saturated rings.